The molecule has 0 unspecified atom stereocenters. The Morgan fingerprint density at radius 2 is 1.62 bits per heavy atom. The van der Waals surface area contributed by atoms with Crippen LogP contribution in [-0.2, 0) is 0 Å². The molecule has 0 bridgehead atoms. The van der Waals surface area contributed by atoms with Crippen LogP contribution >= 0.6 is 0 Å². The van der Waals surface area contributed by atoms with Crippen LogP contribution in [0.3, 0.4) is 0 Å². The van der Waals surface area contributed by atoms with E-state index in [1.54, 1.807) is 0 Å². The van der Waals surface area contributed by atoms with E-state index in [0.717, 1.165) is 16.5 Å². The fourth-order valence-corrected chi connectivity index (χ4v) is 2.85. The van der Waals surface area contributed by atoms with Gasteiger partial charge in [0.2, 0.25) is 0 Å². The van der Waals surface area contributed by atoms with Gasteiger partial charge in [-0.15, -0.1) is 0 Å². The normalized spacial score (nSPS) is 12.2. The number of nitrogens with one attached hydrogen (secondary N) is 1. The molecular weight excluding hydrogens is 322 g/mol. The molecule has 3 rings (SSSR count). The van der Waals surface area contributed by atoms with E-state index in [0.29, 0.717) is 18.1 Å². The van der Waals surface area contributed by atoms with Gasteiger partial charge in [0.05, 0.1) is 6.04 Å². The molecule has 3 aromatic carbocycles. The number of carbonyl (C=O) groups is 1. The van der Waals surface area contributed by atoms with Crippen LogP contribution in [-0.4, -0.2) is 18.6 Å². The van der Waals surface area contributed by atoms with Crippen molar-refractivity contribution in [2.24, 2.45) is 0 Å². The molecule has 26 heavy (non-hydrogen) atoms. The highest BCUT2D eigenvalue weighted by Crippen LogP contribution is 2.19. The summed E-state index contributed by atoms with van der Waals surface area (Å²) in [6.45, 7) is 6.71. The lowest BCUT2D eigenvalue weighted by molar-refractivity contribution is 0.0927. The van der Waals surface area contributed by atoms with Crippen LogP contribution in [0.5, 0.6) is 5.75 Å². The molecule has 0 fully saturated rings. The maximum Gasteiger partial charge on any atom is 0.251 e. The van der Waals surface area contributed by atoms with Crippen LogP contribution in [0.2, 0.25) is 0 Å². The van der Waals surface area contributed by atoms with Crippen molar-refractivity contribution in [1.29, 1.82) is 0 Å². The first kappa shape index (κ1) is 18.0. The van der Waals surface area contributed by atoms with Crippen molar-refractivity contribution in [3.8, 4) is 5.75 Å². The number of hydrogen-bond acceptors (Lipinski definition) is 2. The molecule has 0 aliphatic heterocycles. The molecule has 0 radical (unpaired) electrons. The van der Waals surface area contributed by atoms with E-state index in [1.807, 2.05) is 61.5 Å². The summed E-state index contributed by atoms with van der Waals surface area (Å²) in [4.78, 5) is 12.5. The predicted molar refractivity (Wildman–Crippen MR) is 107 cm³/mol. The van der Waals surface area contributed by atoms with Crippen molar-refractivity contribution in [2.75, 3.05) is 6.61 Å². The molecule has 1 amide bonds. The van der Waals surface area contributed by atoms with Gasteiger partial charge in [-0.2, -0.15) is 0 Å². The van der Waals surface area contributed by atoms with Gasteiger partial charge in [-0.05, 0) is 53.4 Å². The number of carbonyl (C=O) groups excluding carboxylic acids is 1. The molecule has 0 aromatic heterocycles. The lowest BCUT2D eigenvalue weighted by atomic mass is 10.0. The topological polar surface area (TPSA) is 38.3 Å². The van der Waals surface area contributed by atoms with E-state index < -0.39 is 0 Å². The summed E-state index contributed by atoms with van der Waals surface area (Å²) in [7, 11) is 0. The van der Waals surface area contributed by atoms with Gasteiger partial charge in [-0.3, -0.25) is 4.79 Å². The average molecular weight is 347 g/mol. The first-order chi connectivity index (χ1) is 12.5. The van der Waals surface area contributed by atoms with Crippen molar-refractivity contribution in [3.05, 3.63) is 77.9 Å². The zero-order valence-electron chi connectivity index (χ0n) is 15.5. The van der Waals surface area contributed by atoms with Gasteiger partial charge < -0.3 is 10.1 Å². The quantitative estimate of drug-likeness (QED) is 0.669. The Balaban J connectivity index is 1.56. The average Bonchev–Trinajstić information content (AvgIpc) is 2.66. The zero-order chi connectivity index (χ0) is 18.5. The smallest absolute Gasteiger partial charge is 0.251 e. The molecule has 0 saturated carbocycles. The Labute approximate surface area is 155 Å². The summed E-state index contributed by atoms with van der Waals surface area (Å²) in [5.74, 6) is 1.24. The highest BCUT2D eigenvalue weighted by atomic mass is 16.5. The summed E-state index contributed by atoms with van der Waals surface area (Å²) >= 11 is 0. The van der Waals surface area contributed by atoms with E-state index in [-0.39, 0.29) is 11.9 Å². The fourth-order valence-electron chi connectivity index (χ4n) is 2.85. The maximum absolute atomic E-state index is 12.5. The van der Waals surface area contributed by atoms with Crippen LogP contribution in [0.15, 0.2) is 66.7 Å². The third-order valence-electron chi connectivity index (χ3n) is 4.44. The van der Waals surface area contributed by atoms with Gasteiger partial charge in [-0.1, -0.05) is 56.3 Å². The van der Waals surface area contributed by atoms with Crippen LogP contribution in [0, 0.1) is 0 Å². The van der Waals surface area contributed by atoms with Gasteiger partial charge in [0.25, 0.3) is 5.91 Å². The molecule has 3 aromatic rings. The van der Waals surface area contributed by atoms with Crippen molar-refractivity contribution in [2.45, 2.75) is 32.7 Å². The van der Waals surface area contributed by atoms with E-state index in [9.17, 15) is 4.79 Å². The Kier molecular flexibility index (Phi) is 5.57. The summed E-state index contributed by atoms with van der Waals surface area (Å²) in [5.41, 5.74) is 1.95. The molecule has 0 aliphatic rings. The van der Waals surface area contributed by atoms with Gasteiger partial charge in [-0.25, -0.2) is 0 Å². The second-order valence-corrected chi connectivity index (χ2v) is 6.97. The number of rotatable bonds is 6. The van der Waals surface area contributed by atoms with Crippen molar-refractivity contribution in [1.82, 2.24) is 5.32 Å². The molecule has 0 saturated heterocycles. The zero-order valence-corrected chi connectivity index (χ0v) is 15.5. The molecule has 0 spiro atoms. The molecule has 0 aliphatic carbocycles. The molecule has 0 heterocycles. The highest BCUT2D eigenvalue weighted by Gasteiger charge is 2.11. The number of ether oxygens (including phenoxy) is 1. The van der Waals surface area contributed by atoms with Gasteiger partial charge >= 0.3 is 0 Å². The monoisotopic (exact) mass is 347 g/mol. The molecular formula is C23H25NO2. The maximum atomic E-state index is 12.5. The highest BCUT2D eigenvalue weighted by molar-refractivity contribution is 5.98. The minimum absolute atomic E-state index is 0.0815. The van der Waals surface area contributed by atoms with Crippen LogP contribution in [0.1, 0.15) is 42.6 Å². The molecule has 3 nitrogen and oxygen atoms in total. The van der Waals surface area contributed by atoms with Gasteiger partial charge in [0.1, 0.15) is 12.4 Å². The summed E-state index contributed by atoms with van der Waals surface area (Å²) < 4.78 is 5.79. The number of benzene rings is 3. The Morgan fingerprint density at radius 3 is 2.31 bits per heavy atom. The number of amides is 1. The lowest BCUT2D eigenvalue weighted by Crippen LogP contribution is -2.36. The SMILES string of the molecule is CC(C)c1ccc(OC[C@@H](C)NC(=O)c2ccc3ccccc3c2)cc1. The van der Waals surface area contributed by atoms with E-state index >= 15 is 0 Å². The minimum atomic E-state index is -0.0845. The second kappa shape index (κ2) is 8.05. The first-order valence-electron chi connectivity index (χ1n) is 9.05. The van der Waals surface area contributed by atoms with Crippen molar-refractivity contribution in [3.63, 3.8) is 0 Å². The van der Waals surface area contributed by atoms with E-state index in [2.05, 4.69) is 31.3 Å². The van der Waals surface area contributed by atoms with Crippen LogP contribution < -0.4 is 10.1 Å². The molecule has 134 valence electrons. The third kappa shape index (κ3) is 4.42. The summed E-state index contributed by atoms with van der Waals surface area (Å²) in [6.07, 6.45) is 0. The number of fused-ring (bicyclic) bond motifs is 1. The second-order valence-electron chi connectivity index (χ2n) is 6.97. The van der Waals surface area contributed by atoms with Gasteiger partial charge in [0.15, 0.2) is 0 Å². The molecule has 1 N–H and O–H groups in total. The summed E-state index contributed by atoms with van der Waals surface area (Å²) in [6, 6.07) is 21.8. The fraction of sp³-hybridized carbons (Fsp3) is 0.261. The van der Waals surface area contributed by atoms with E-state index in [1.165, 1.54) is 5.56 Å². The lowest BCUT2D eigenvalue weighted by Gasteiger charge is -2.16. The molecule has 3 heteroatoms. The Bertz CT molecular complexity index is 884. The standard InChI is InChI=1S/C23H25NO2/c1-16(2)18-10-12-22(13-11-18)26-15-17(3)24-23(25)21-9-8-19-6-4-5-7-20(19)14-21/h4-14,16-17H,15H2,1-3H3,(H,24,25)/t17-/m1/s1. The first-order valence-corrected chi connectivity index (χ1v) is 9.05. The Morgan fingerprint density at radius 1 is 0.923 bits per heavy atom. The van der Waals surface area contributed by atoms with Crippen molar-refractivity contribution < 1.29 is 9.53 Å². The largest absolute Gasteiger partial charge is 0.491 e. The molecule has 1 atom stereocenters. The predicted octanol–water partition coefficient (Wildman–Crippen LogP) is 5.16. The summed E-state index contributed by atoms with van der Waals surface area (Å²) in [5, 5.41) is 5.19. The Hall–Kier alpha value is -2.81. The van der Waals surface area contributed by atoms with Crippen molar-refractivity contribution >= 4 is 16.7 Å². The van der Waals surface area contributed by atoms with Gasteiger partial charge in [0, 0.05) is 5.56 Å². The van der Waals surface area contributed by atoms with Crippen LogP contribution in [0.4, 0.5) is 0 Å². The van der Waals surface area contributed by atoms with E-state index in [4.69, 9.17) is 4.74 Å². The third-order valence-corrected chi connectivity index (χ3v) is 4.44. The van der Waals surface area contributed by atoms with Crippen LogP contribution in [0.25, 0.3) is 10.8 Å². The minimum Gasteiger partial charge on any atom is -0.491 e. The number of hydrogen-bond donors (Lipinski definition) is 1.